The molecule has 0 aliphatic carbocycles. The second kappa shape index (κ2) is 11.1. The number of carboxylic acid groups (broad SMARTS) is 1. The van der Waals surface area contributed by atoms with Crippen LogP contribution in [0.5, 0.6) is 0 Å². The number of benzene rings is 1. The van der Waals surface area contributed by atoms with E-state index in [0.29, 0.717) is 22.3 Å². The number of fused-ring (bicyclic) bond motifs is 1. The molecule has 0 aliphatic heterocycles. The van der Waals surface area contributed by atoms with E-state index in [2.05, 4.69) is 15.6 Å². The van der Waals surface area contributed by atoms with Crippen molar-refractivity contribution in [2.75, 3.05) is 6.54 Å². The first-order valence-electron chi connectivity index (χ1n) is 10.9. The van der Waals surface area contributed by atoms with Gasteiger partial charge in [-0.3, -0.25) is 14.4 Å². The second-order valence-corrected chi connectivity index (χ2v) is 9.94. The van der Waals surface area contributed by atoms with Gasteiger partial charge < -0.3 is 26.0 Å². The number of carbonyl (C=O) groups excluding carboxylic acids is 3. The summed E-state index contributed by atoms with van der Waals surface area (Å²) < 4.78 is 41.1. The highest BCUT2D eigenvalue weighted by Crippen LogP contribution is 2.37. The molecule has 0 bridgehead atoms. The maximum Gasteiger partial charge on any atom is 0.418 e. The molecule has 3 amide bonds. The zero-order valence-electron chi connectivity index (χ0n) is 19.2. The number of aliphatic carboxylic acids is 1. The van der Waals surface area contributed by atoms with Gasteiger partial charge in [0.2, 0.25) is 0 Å². The van der Waals surface area contributed by atoms with Crippen LogP contribution < -0.4 is 16.0 Å². The third-order valence-electron chi connectivity index (χ3n) is 5.41. The molecule has 9 nitrogen and oxygen atoms in total. The van der Waals surface area contributed by atoms with E-state index in [1.165, 1.54) is 6.07 Å². The van der Waals surface area contributed by atoms with Crippen molar-refractivity contribution in [2.24, 2.45) is 0 Å². The number of aromatic amines is 1. The Kier molecular flexibility index (Phi) is 7.83. The summed E-state index contributed by atoms with van der Waals surface area (Å²) in [7, 11) is 0. The Morgan fingerprint density at radius 1 is 0.974 bits per heavy atom. The highest BCUT2D eigenvalue weighted by molar-refractivity contribution is 7.16. The number of rotatable bonds is 9. The number of amides is 3. The van der Waals surface area contributed by atoms with Gasteiger partial charge in [-0.1, -0.05) is 18.2 Å². The molecule has 4 aromatic rings. The molecule has 1 aromatic carbocycles. The van der Waals surface area contributed by atoms with E-state index in [1.54, 1.807) is 35.8 Å². The first kappa shape index (κ1) is 26.9. The molecule has 3 heterocycles. The third-order valence-corrected chi connectivity index (χ3v) is 7.41. The minimum atomic E-state index is -4.98. The molecule has 1 atom stereocenters. The summed E-state index contributed by atoms with van der Waals surface area (Å²) in [4.78, 5) is 51.2. The van der Waals surface area contributed by atoms with Crippen LogP contribution in [0.15, 0.2) is 54.0 Å². The number of carbonyl (C=O) groups is 4. The van der Waals surface area contributed by atoms with Gasteiger partial charge in [0.25, 0.3) is 17.7 Å². The zero-order chi connectivity index (χ0) is 27.4. The fraction of sp³-hybridized carbons (Fsp3) is 0.167. The first-order valence-corrected chi connectivity index (χ1v) is 12.6. The largest absolute Gasteiger partial charge is 0.480 e. The maximum atomic E-state index is 13.7. The van der Waals surface area contributed by atoms with Crippen molar-refractivity contribution >= 4 is 57.3 Å². The number of halogens is 3. The van der Waals surface area contributed by atoms with Crippen LogP contribution in [0.1, 0.15) is 40.1 Å². The number of H-pyrrole nitrogens is 1. The van der Waals surface area contributed by atoms with Gasteiger partial charge in [-0.15, -0.1) is 22.7 Å². The SMILES string of the molecule is O=C(NC[C@H](NC(=O)c1sc(C(=O)NCc2cccc3[nH]ccc23)cc1C(F)(F)F)C(=O)O)c1cccs1. The van der Waals surface area contributed by atoms with Crippen molar-refractivity contribution in [3.63, 3.8) is 0 Å². The normalized spacial score (nSPS) is 12.2. The fourth-order valence-corrected chi connectivity index (χ4v) is 5.20. The summed E-state index contributed by atoms with van der Waals surface area (Å²) in [6.45, 7) is -0.539. The van der Waals surface area contributed by atoms with E-state index >= 15 is 0 Å². The summed E-state index contributed by atoms with van der Waals surface area (Å²) in [5, 5.41) is 18.8. The van der Waals surface area contributed by atoms with Crippen molar-refractivity contribution in [3.05, 3.63) is 79.8 Å². The van der Waals surface area contributed by atoms with Crippen LogP contribution in [-0.4, -0.2) is 46.4 Å². The minimum absolute atomic E-state index is 0.0276. The highest BCUT2D eigenvalue weighted by Gasteiger charge is 2.39. The minimum Gasteiger partial charge on any atom is -0.480 e. The second-order valence-electron chi connectivity index (χ2n) is 7.94. The lowest BCUT2D eigenvalue weighted by molar-refractivity contribution is -0.139. The monoisotopic (exact) mass is 564 g/mol. The molecule has 5 N–H and O–H groups in total. The number of alkyl halides is 3. The van der Waals surface area contributed by atoms with Crippen LogP contribution in [0.25, 0.3) is 10.9 Å². The summed E-state index contributed by atoms with van der Waals surface area (Å²) in [5.41, 5.74) is 0.187. The Morgan fingerprint density at radius 3 is 2.42 bits per heavy atom. The van der Waals surface area contributed by atoms with E-state index in [0.717, 1.165) is 27.8 Å². The van der Waals surface area contributed by atoms with E-state index in [9.17, 15) is 37.5 Å². The molecule has 0 aliphatic rings. The number of hydrogen-bond acceptors (Lipinski definition) is 6. The molecule has 0 saturated carbocycles. The van der Waals surface area contributed by atoms with Crippen molar-refractivity contribution in [3.8, 4) is 0 Å². The molecule has 0 spiro atoms. The van der Waals surface area contributed by atoms with Crippen LogP contribution in [0, 0.1) is 0 Å². The number of aromatic nitrogens is 1. The van der Waals surface area contributed by atoms with Gasteiger partial charge in [-0.25, -0.2) is 4.79 Å². The Hall–Kier alpha value is -4.17. The highest BCUT2D eigenvalue weighted by atomic mass is 32.1. The Bertz CT molecular complexity index is 1490. The average molecular weight is 565 g/mol. The Balaban J connectivity index is 1.48. The summed E-state index contributed by atoms with van der Waals surface area (Å²) in [5.74, 6) is -4.32. The molecule has 38 heavy (non-hydrogen) atoms. The quantitative estimate of drug-likeness (QED) is 0.210. The fourth-order valence-electron chi connectivity index (χ4n) is 3.56. The van der Waals surface area contributed by atoms with Gasteiger partial charge in [-0.05, 0) is 35.2 Å². The molecule has 3 aromatic heterocycles. The van der Waals surface area contributed by atoms with Crippen LogP contribution in [0.4, 0.5) is 13.2 Å². The lowest BCUT2D eigenvalue weighted by atomic mass is 10.1. The molecular weight excluding hydrogens is 545 g/mol. The molecule has 0 unspecified atom stereocenters. The van der Waals surface area contributed by atoms with Gasteiger partial charge in [0, 0.05) is 30.2 Å². The van der Waals surface area contributed by atoms with Crippen molar-refractivity contribution < 1.29 is 37.5 Å². The van der Waals surface area contributed by atoms with E-state index < -0.39 is 52.9 Å². The third kappa shape index (κ3) is 6.03. The lowest BCUT2D eigenvalue weighted by Gasteiger charge is -2.15. The smallest absolute Gasteiger partial charge is 0.418 e. The molecule has 0 radical (unpaired) electrons. The summed E-state index contributed by atoms with van der Waals surface area (Å²) in [6, 6.07) is 9.10. The van der Waals surface area contributed by atoms with Gasteiger partial charge in [0.15, 0.2) is 0 Å². The lowest BCUT2D eigenvalue weighted by Crippen LogP contribution is -2.48. The number of hydrogen-bond donors (Lipinski definition) is 5. The Labute approximate surface area is 220 Å². The molecule has 4 rings (SSSR count). The summed E-state index contributed by atoms with van der Waals surface area (Å²) in [6.07, 6.45) is -3.27. The van der Waals surface area contributed by atoms with Crippen molar-refractivity contribution in [1.29, 1.82) is 0 Å². The molecular formula is C24H19F3N4O5S2. The summed E-state index contributed by atoms with van der Waals surface area (Å²) >= 11 is 1.40. The zero-order valence-corrected chi connectivity index (χ0v) is 20.9. The average Bonchev–Trinajstić information content (AvgIpc) is 3.64. The predicted molar refractivity (Wildman–Crippen MR) is 134 cm³/mol. The van der Waals surface area contributed by atoms with Gasteiger partial charge in [0.1, 0.15) is 10.9 Å². The molecule has 14 heteroatoms. The van der Waals surface area contributed by atoms with E-state index in [4.69, 9.17) is 0 Å². The topological polar surface area (TPSA) is 140 Å². The Morgan fingerprint density at radius 2 is 1.74 bits per heavy atom. The van der Waals surface area contributed by atoms with Gasteiger partial charge in [0.05, 0.1) is 15.3 Å². The number of carboxylic acids is 1. The molecule has 198 valence electrons. The van der Waals surface area contributed by atoms with Crippen molar-refractivity contribution in [2.45, 2.75) is 18.8 Å². The van der Waals surface area contributed by atoms with Crippen molar-refractivity contribution in [1.82, 2.24) is 20.9 Å². The molecule has 0 fully saturated rings. The predicted octanol–water partition coefficient (Wildman–Crippen LogP) is 3.85. The van der Waals surface area contributed by atoms with Crippen LogP contribution in [0.3, 0.4) is 0 Å². The van der Waals surface area contributed by atoms with Crippen LogP contribution in [0.2, 0.25) is 0 Å². The maximum absolute atomic E-state index is 13.7. The van der Waals surface area contributed by atoms with Crippen LogP contribution in [-0.2, 0) is 17.5 Å². The van der Waals surface area contributed by atoms with Gasteiger partial charge >= 0.3 is 12.1 Å². The van der Waals surface area contributed by atoms with Crippen LogP contribution >= 0.6 is 22.7 Å². The molecule has 0 saturated heterocycles. The van der Waals surface area contributed by atoms with E-state index in [-0.39, 0.29) is 11.4 Å². The first-order chi connectivity index (χ1) is 18.0. The van der Waals surface area contributed by atoms with Gasteiger partial charge in [-0.2, -0.15) is 13.2 Å². The van der Waals surface area contributed by atoms with E-state index in [1.807, 2.05) is 11.4 Å². The standard InChI is InChI=1S/C24H19F3N4O5S2/c25-24(26,27)14-9-18(21(33)29-10-12-3-1-4-15-13(12)6-7-28-15)38-19(14)22(34)31-16(23(35)36)11-30-20(32)17-5-2-8-37-17/h1-9,16,28H,10-11H2,(H,29,33)(H,30,32)(H,31,34)(H,35,36)/t16-/m0/s1. The number of nitrogens with one attached hydrogen (secondary N) is 4. The number of thiophene rings is 2.